The second kappa shape index (κ2) is 4.24. The lowest BCUT2D eigenvalue weighted by molar-refractivity contribution is -0.121. The Balaban J connectivity index is 2.65. The van der Waals surface area contributed by atoms with Crippen molar-refractivity contribution in [1.82, 2.24) is 0 Å². The molecule has 1 atom stereocenters. The van der Waals surface area contributed by atoms with Crippen molar-refractivity contribution in [3.8, 4) is 0 Å². The molecule has 0 bridgehead atoms. The van der Waals surface area contributed by atoms with Crippen LogP contribution in [0.4, 0.5) is 0 Å². The van der Waals surface area contributed by atoms with Crippen LogP contribution in [0.5, 0.6) is 0 Å². The molecule has 1 fully saturated rings. The predicted octanol–water partition coefficient (Wildman–Crippen LogP) is 1.99. The highest BCUT2D eigenvalue weighted by molar-refractivity contribution is 6.05. The van der Waals surface area contributed by atoms with E-state index in [1.54, 1.807) is 0 Å². The molecular formula is C9H15NO2. The third-order valence-electron chi connectivity index (χ3n) is 2.44. The average Bonchev–Trinajstić information content (AvgIpc) is 2.16. The van der Waals surface area contributed by atoms with Crippen LogP contribution in [-0.4, -0.2) is 16.7 Å². The van der Waals surface area contributed by atoms with Crippen molar-refractivity contribution in [2.45, 2.75) is 39.0 Å². The Labute approximate surface area is 72.5 Å². The molecule has 0 aromatic rings. The van der Waals surface area contributed by atoms with Crippen LogP contribution in [-0.2, 0) is 4.79 Å². The Morgan fingerprint density at radius 1 is 1.67 bits per heavy atom. The van der Waals surface area contributed by atoms with Crippen molar-refractivity contribution < 1.29 is 10.0 Å². The van der Waals surface area contributed by atoms with Crippen molar-refractivity contribution >= 4 is 11.5 Å². The van der Waals surface area contributed by atoms with Gasteiger partial charge in [0.05, 0.1) is 11.6 Å². The van der Waals surface area contributed by atoms with Gasteiger partial charge in [-0.1, -0.05) is 18.5 Å². The second-order valence-electron chi connectivity index (χ2n) is 3.21. The molecule has 0 spiro atoms. The standard InChI is InChI=1S/C9H15NO2/c1-2-9(11)7-5-3-4-6-8(7)10-12/h7,12H,2-6H2,1H3. The summed E-state index contributed by atoms with van der Waals surface area (Å²) in [6, 6.07) is 0. The van der Waals surface area contributed by atoms with E-state index in [4.69, 9.17) is 5.21 Å². The fourth-order valence-electron chi connectivity index (χ4n) is 1.71. The van der Waals surface area contributed by atoms with Crippen LogP contribution >= 0.6 is 0 Å². The zero-order chi connectivity index (χ0) is 8.97. The fraction of sp³-hybridized carbons (Fsp3) is 0.778. The van der Waals surface area contributed by atoms with Crippen LogP contribution in [0.25, 0.3) is 0 Å². The SMILES string of the molecule is CCC(=O)C1CCCCC1=NO. The topological polar surface area (TPSA) is 49.7 Å². The number of hydrogen-bond donors (Lipinski definition) is 1. The van der Waals surface area contributed by atoms with Crippen LogP contribution in [0.15, 0.2) is 5.16 Å². The van der Waals surface area contributed by atoms with Gasteiger partial charge in [0.2, 0.25) is 0 Å². The van der Waals surface area contributed by atoms with E-state index in [0.29, 0.717) is 12.1 Å². The van der Waals surface area contributed by atoms with Crippen LogP contribution in [0.1, 0.15) is 39.0 Å². The summed E-state index contributed by atoms with van der Waals surface area (Å²) in [4.78, 5) is 11.3. The Kier molecular flexibility index (Phi) is 3.26. The van der Waals surface area contributed by atoms with E-state index in [-0.39, 0.29) is 11.7 Å². The van der Waals surface area contributed by atoms with Gasteiger partial charge in [-0.3, -0.25) is 4.79 Å². The third-order valence-corrected chi connectivity index (χ3v) is 2.44. The van der Waals surface area contributed by atoms with E-state index >= 15 is 0 Å². The van der Waals surface area contributed by atoms with Gasteiger partial charge in [-0.15, -0.1) is 0 Å². The number of rotatable bonds is 2. The van der Waals surface area contributed by atoms with E-state index in [2.05, 4.69) is 5.16 Å². The predicted molar refractivity (Wildman–Crippen MR) is 46.5 cm³/mol. The van der Waals surface area contributed by atoms with Crippen molar-refractivity contribution in [3.05, 3.63) is 0 Å². The maximum absolute atomic E-state index is 11.3. The molecule has 3 heteroatoms. The number of Topliss-reactive ketones (excluding diaryl/α,β-unsaturated/α-hetero) is 1. The van der Waals surface area contributed by atoms with Gasteiger partial charge in [-0.25, -0.2) is 0 Å². The van der Waals surface area contributed by atoms with Crippen LogP contribution in [0, 0.1) is 5.92 Å². The number of oxime groups is 1. The normalized spacial score (nSPS) is 27.4. The zero-order valence-corrected chi connectivity index (χ0v) is 7.42. The first-order valence-corrected chi connectivity index (χ1v) is 4.53. The number of carbonyl (C=O) groups is 1. The summed E-state index contributed by atoms with van der Waals surface area (Å²) in [6.45, 7) is 1.85. The third kappa shape index (κ3) is 1.84. The van der Waals surface area contributed by atoms with Gasteiger partial charge < -0.3 is 5.21 Å². The summed E-state index contributed by atoms with van der Waals surface area (Å²) in [5.41, 5.74) is 0.688. The molecule has 0 heterocycles. The van der Waals surface area contributed by atoms with Crippen LogP contribution in [0.2, 0.25) is 0 Å². The largest absolute Gasteiger partial charge is 0.411 e. The van der Waals surface area contributed by atoms with Gasteiger partial charge in [0.15, 0.2) is 0 Å². The lowest BCUT2D eigenvalue weighted by Crippen LogP contribution is -2.26. The molecule has 1 aliphatic rings. The molecule has 1 saturated carbocycles. The highest BCUT2D eigenvalue weighted by Gasteiger charge is 2.25. The first-order valence-electron chi connectivity index (χ1n) is 4.53. The molecule has 0 aromatic heterocycles. The maximum Gasteiger partial charge on any atom is 0.141 e. The molecule has 0 radical (unpaired) electrons. The highest BCUT2D eigenvalue weighted by atomic mass is 16.4. The summed E-state index contributed by atoms with van der Waals surface area (Å²) >= 11 is 0. The number of hydrogen-bond acceptors (Lipinski definition) is 3. The summed E-state index contributed by atoms with van der Waals surface area (Å²) in [6.07, 6.45) is 4.32. The van der Waals surface area contributed by atoms with Crippen molar-refractivity contribution in [1.29, 1.82) is 0 Å². The van der Waals surface area contributed by atoms with Gasteiger partial charge in [-0.2, -0.15) is 0 Å². The molecule has 0 saturated heterocycles. The fourth-order valence-corrected chi connectivity index (χ4v) is 1.71. The molecule has 1 N–H and O–H groups in total. The molecular weight excluding hydrogens is 154 g/mol. The van der Waals surface area contributed by atoms with E-state index in [1.807, 2.05) is 6.92 Å². The average molecular weight is 169 g/mol. The molecule has 3 nitrogen and oxygen atoms in total. The maximum atomic E-state index is 11.3. The van der Waals surface area contributed by atoms with Gasteiger partial charge in [0.25, 0.3) is 0 Å². The van der Waals surface area contributed by atoms with Gasteiger partial charge in [0.1, 0.15) is 5.78 Å². The Morgan fingerprint density at radius 2 is 2.42 bits per heavy atom. The number of ketones is 1. The smallest absolute Gasteiger partial charge is 0.141 e. The molecule has 0 aliphatic heterocycles. The van der Waals surface area contributed by atoms with E-state index in [9.17, 15) is 4.79 Å². The Bertz CT molecular complexity index is 199. The van der Waals surface area contributed by atoms with Gasteiger partial charge >= 0.3 is 0 Å². The Hall–Kier alpha value is -0.860. The lowest BCUT2D eigenvalue weighted by Gasteiger charge is -2.20. The zero-order valence-electron chi connectivity index (χ0n) is 7.42. The van der Waals surface area contributed by atoms with E-state index in [0.717, 1.165) is 25.7 Å². The minimum absolute atomic E-state index is 0.0891. The van der Waals surface area contributed by atoms with Crippen LogP contribution < -0.4 is 0 Å². The Morgan fingerprint density at radius 3 is 3.00 bits per heavy atom. The molecule has 68 valence electrons. The van der Waals surface area contributed by atoms with Crippen molar-refractivity contribution in [2.75, 3.05) is 0 Å². The first-order chi connectivity index (χ1) is 5.79. The summed E-state index contributed by atoms with van der Waals surface area (Å²) < 4.78 is 0. The summed E-state index contributed by atoms with van der Waals surface area (Å²) in [5.74, 6) is 0.122. The molecule has 0 amide bonds. The van der Waals surface area contributed by atoms with Crippen LogP contribution in [0.3, 0.4) is 0 Å². The monoisotopic (exact) mass is 169 g/mol. The summed E-state index contributed by atoms with van der Waals surface area (Å²) in [7, 11) is 0. The number of nitrogens with zero attached hydrogens (tertiary/aromatic N) is 1. The van der Waals surface area contributed by atoms with Gasteiger partial charge in [-0.05, 0) is 19.3 Å². The van der Waals surface area contributed by atoms with Crippen molar-refractivity contribution in [3.63, 3.8) is 0 Å². The molecule has 1 unspecified atom stereocenters. The van der Waals surface area contributed by atoms with E-state index < -0.39 is 0 Å². The second-order valence-corrected chi connectivity index (χ2v) is 3.21. The minimum atomic E-state index is -0.0891. The highest BCUT2D eigenvalue weighted by Crippen LogP contribution is 2.23. The molecule has 1 aliphatic carbocycles. The number of carbonyl (C=O) groups excluding carboxylic acids is 1. The van der Waals surface area contributed by atoms with Crippen molar-refractivity contribution in [2.24, 2.45) is 11.1 Å². The summed E-state index contributed by atoms with van der Waals surface area (Å²) in [5, 5.41) is 11.8. The minimum Gasteiger partial charge on any atom is -0.411 e. The van der Waals surface area contributed by atoms with E-state index in [1.165, 1.54) is 0 Å². The lowest BCUT2D eigenvalue weighted by atomic mass is 9.83. The first kappa shape index (κ1) is 9.23. The quantitative estimate of drug-likeness (QED) is 0.507. The molecule has 12 heavy (non-hydrogen) atoms. The molecule has 1 rings (SSSR count). The molecule has 0 aromatic carbocycles. The van der Waals surface area contributed by atoms with Gasteiger partial charge in [0, 0.05) is 6.42 Å².